The molecule has 3 heteroatoms. The molecule has 0 spiro atoms. The molecule has 0 aliphatic rings. The molecule has 0 unspecified atom stereocenters. The number of nitrogens with zero attached hydrogens (tertiary/aromatic N) is 1. The Bertz CT molecular complexity index is 359. The zero-order valence-electron chi connectivity index (χ0n) is 9.45. The van der Waals surface area contributed by atoms with Gasteiger partial charge in [-0.1, -0.05) is 11.8 Å². The van der Waals surface area contributed by atoms with Crippen molar-refractivity contribution in [2.45, 2.75) is 26.4 Å². The van der Waals surface area contributed by atoms with Crippen LogP contribution in [-0.4, -0.2) is 29.7 Å². The Morgan fingerprint density at radius 1 is 1.53 bits per heavy atom. The Labute approximate surface area is 95.5 Å². The maximum Gasteiger partial charge on any atom is 0.104 e. The molecule has 0 aliphatic heterocycles. The van der Waals surface area contributed by atoms with E-state index in [9.17, 15) is 0 Å². The van der Waals surface area contributed by atoms with Crippen molar-refractivity contribution in [3.8, 4) is 11.8 Å². The molecule has 1 aromatic heterocycles. The first-order chi connectivity index (χ1) is 7.13. The zero-order valence-corrected chi connectivity index (χ0v) is 10.3. The second-order valence-electron chi connectivity index (χ2n) is 3.77. The maximum absolute atomic E-state index is 8.57. The van der Waals surface area contributed by atoms with Crippen molar-refractivity contribution in [2.75, 3.05) is 13.7 Å². The van der Waals surface area contributed by atoms with Crippen LogP contribution < -0.4 is 0 Å². The van der Waals surface area contributed by atoms with Gasteiger partial charge in [0.15, 0.2) is 0 Å². The van der Waals surface area contributed by atoms with E-state index in [4.69, 9.17) is 5.11 Å². The third kappa shape index (κ3) is 4.05. The van der Waals surface area contributed by atoms with Gasteiger partial charge in [-0.2, -0.15) is 0 Å². The number of aliphatic hydroxyl groups is 1. The summed E-state index contributed by atoms with van der Waals surface area (Å²) in [6.45, 7) is 5.25. The van der Waals surface area contributed by atoms with Crippen molar-refractivity contribution >= 4 is 11.3 Å². The first kappa shape index (κ1) is 12.3. The molecule has 82 valence electrons. The van der Waals surface area contributed by atoms with Crippen LogP contribution in [0, 0.1) is 11.8 Å². The molecule has 0 amide bonds. The highest BCUT2D eigenvalue weighted by Crippen LogP contribution is 2.16. The van der Waals surface area contributed by atoms with E-state index in [1.807, 2.05) is 5.38 Å². The van der Waals surface area contributed by atoms with Gasteiger partial charge in [0.1, 0.15) is 6.61 Å². The van der Waals surface area contributed by atoms with Crippen LogP contribution in [0.25, 0.3) is 0 Å². The molecule has 1 N–H and O–H groups in total. The summed E-state index contributed by atoms with van der Waals surface area (Å²) in [6.07, 6.45) is 0. The van der Waals surface area contributed by atoms with Crippen LogP contribution in [0.5, 0.6) is 0 Å². The Hall–Kier alpha value is -0.820. The number of hydrogen-bond acceptors (Lipinski definition) is 3. The molecule has 0 aliphatic carbocycles. The minimum Gasteiger partial charge on any atom is -0.384 e. The number of rotatable bonds is 3. The van der Waals surface area contributed by atoms with E-state index >= 15 is 0 Å². The maximum atomic E-state index is 8.57. The zero-order chi connectivity index (χ0) is 11.3. The van der Waals surface area contributed by atoms with Gasteiger partial charge in [-0.3, -0.25) is 4.90 Å². The van der Waals surface area contributed by atoms with Gasteiger partial charge in [-0.05, 0) is 27.0 Å². The van der Waals surface area contributed by atoms with Crippen LogP contribution in [0.3, 0.4) is 0 Å². The molecule has 0 saturated carbocycles. The highest BCUT2D eigenvalue weighted by atomic mass is 32.1. The van der Waals surface area contributed by atoms with Gasteiger partial charge in [0, 0.05) is 28.4 Å². The topological polar surface area (TPSA) is 23.5 Å². The molecule has 1 heterocycles. The molecular formula is C12H17NOS. The van der Waals surface area contributed by atoms with Crippen LogP contribution in [0.15, 0.2) is 11.4 Å². The van der Waals surface area contributed by atoms with Crippen molar-refractivity contribution in [1.82, 2.24) is 4.90 Å². The second-order valence-corrected chi connectivity index (χ2v) is 4.77. The van der Waals surface area contributed by atoms with Crippen LogP contribution in [-0.2, 0) is 6.54 Å². The van der Waals surface area contributed by atoms with Gasteiger partial charge in [-0.25, -0.2) is 0 Å². The molecule has 1 aromatic rings. The predicted octanol–water partition coefficient (Wildman–Crippen LogP) is 1.93. The molecular weight excluding hydrogens is 206 g/mol. The summed E-state index contributed by atoms with van der Waals surface area (Å²) >= 11 is 1.72. The summed E-state index contributed by atoms with van der Waals surface area (Å²) in [4.78, 5) is 3.60. The summed E-state index contributed by atoms with van der Waals surface area (Å²) in [5.41, 5.74) is 1.00. The Kier molecular flexibility index (Phi) is 4.83. The Balaban J connectivity index is 2.60. The van der Waals surface area contributed by atoms with Gasteiger partial charge in [-0.15, -0.1) is 11.3 Å². The van der Waals surface area contributed by atoms with E-state index in [1.54, 1.807) is 11.3 Å². The Morgan fingerprint density at radius 2 is 2.27 bits per heavy atom. The Morgan fingerprint density at radius 3 is 2.87 bits per heavy atom. The smallest absolute Gasteiger partial charge is 0.104 e. The van der Waals surface area contributed by atoms with Gasteiger partial charge < -0.3 is 5.11 Å². The van der Waals surface area contributed by atoms with E-state index < -0.39 is 0 Å². The molecule has 1 rings (SSSR count). The largest absolute Gasteiger partial charge is 0.384 e. The fourth-order valence-corrected chi connectivity index (χ4v) is 1.98. The lowest BCUT2D eigenvalue weighted by Crippen LogP contribution is -2.25. The molecule has 0 radical (unpaired) electrons. The standard InChI is InChI=1S/C12H17NOS/c1-10(2)13(3)8-12-7-11(9-15-12)5-4-6-14/h7,9-10,14H,6,8H2,1-3H3. The average molecular weight is 223 g/mol. The highest BCUT2D eigenvalue weighted by molar-refractivity contribution is 7.10. The van der Waals surface area contributed by atoms with Gasteiger partial charge in [0.25, 0.3) is 0 Å². The molecule has 2 nitrogen and oxygen atoms in total. The van der Waals surface area contributed by atoms with Crippen LogP contribution >= 0.6 is 11.3 Å². The first-order valence-electron chi connectivity index (χ1n) is 5.01. The number of aliphatic hydroxyl groups excluding tert-OH is 1. The van der Waals surface area contributed by atoms with Crippen LogP contribution in [0.4, 0.5) is 0 Å². The van der Waals surface area contributed by atoms with Crippen molar-refractivity contribution in [3.63, 3.8) is 0 Å². The van der Waals surface area contributed by atoms with Crippen molar-refractivity contribution < 1.29 is 5.11 Å². The number of hydrogen-bond donors (Lipinski definition) is 1. The summed E-state index contributed by atoms with van der Waals surface area (Å²) in [5.74, 6) is 5.56. The van der Waals surface area contributed by atoms with Crippen LogP contribution in [0.1, 0.15) is 24.3 Å². The van der Waals surface area contributed by atoms with Gasteiger partial charge in [0.2, 0.25) is 0 Å². The number of thiophene rings is 1. The fourth-order valence-electron chi connectivity index (χ4n) is 1.10. The minimum atomic E-state index is -0.0723. The molecule has 0 atom stereocenters. The van der Waals surface area contributed by atoms with E-state index in [1.165, 1.54) is 4.88 Å². The molecule has 15 heavy (non-hydrogen) atoms. The van der Waals surface area contributed by atoms with E-state index in [0.717, 1.165) is 12.1 Å². The average Bonchev–Trinajstić information content (AvgIpc) is 2.62. The van der Waals surface area contributed by atoms with Gasteiger partial charge >= 0.3 is 0 Å². The van der Waals surface area contributed by atoms with Crippen molar-refractivity contribution in [1.29, 1.82) is 0 Å². The first-order valence-corrected chi connectivity index (χ1v) is 5.89. The quantitative estimate of drug-likeness (QED) is 0.792. The molecule has 0 saturated heterocycles. The molecule has 0 aromatic carbocycles. The second kappa shape index (κ2) is 5.92. The minimum absolute atomic E-state index is 0.0723. The summed E-state index contributed by atoms with van der Waals surface area (Å²) in [6, 6.07) is 2.64. The van der Waals surface area contributed by atoms with E-state index in [-0.39, 0.29) is 6.61 Å². The van der Waals surface area contributed by atoms with E-state index in [0.29, 0.717) is 6.04 Å². The highest BCUT2D eigenvalue weighted by Gasteiger charge is 2.05. The fraction of sp³-hybridized carbons (Fsp3) is 0.500. The summed E-state index contributed by atoms with van der Waals surface area (Å²) in [7, 11) is 2.11. The van der Waals surface area contributed by atoms with Crippen molar-refractivity contribution in [2.24, 2.45) is 0 Å². The van der Waals surface area contributed by atoms with E-state index in [2.05, 4.69) is 43.7 Å². The predicted molar refractivity (Wildman–Crippen MR) is 64.9 cm³/mol. The third-order valence-electron chi connectivity index (χ3n) is 2.25. The lowest BCUT2D eigenvalue weighted by atomic mass is 10.3. The SMILES string of the molecule is CC(C)N(C)Cc1cc(C#CCO)cs1. The lowest BCUT2D eigenvalue weighted by Gasteiger charge is -2.19. The molecule has 0 bridgehead atoms. The van der Waals surface area contributed by atoms with Crippen LogP contribution in [0.2, 0.25) is 0 Å². The van der Waals surface area contributed by atoms with Crippen molar-refractivity contribution in [3.05, 3.63) is 21.9 Å². The lowest BCUT2D eigenvalue weighted by molar-refractivity contribution is 0.268. The monoisotopic (exact) mass is 223 g/mol. The van der Waals surface area contributed by atoms with Gasteiger partial charge in [0.05, 0.1) is 0 Å². The molecule has 0 fully saturated rings. The summed E-state index contributed by atoms with van der Waals surface area (Å²) < 4.78 is 0. The third-order valence-corrected chi connectivity index (χ3v) is 3.17. The summed E-state index contributed by atoms with van der Waals surface area (Å²) in [5, 5.41) is 10.6. The normalized spacial score (nSPS) is 10.5.